The molecule has 0 fully saturated rings. The van der Waals surface area contributed by atoms with Crippen molar-refractivity contribution in [2.75, 3.05) is 6.54 Å². The van der Waals surface area contributed by atoms with Gasteiger partial charge in [-0.25, -0.2) is 14.4 Å². The van der Waals surface area contributed by atoms with Gasteiger partial charge in [0.2, 0.25) is 5.89 Å². The van der Waals surface area contributed by atoms with Gasteiger partial charge < -0.3 is 14.3 Å². The molecular weight excluding hydrogens is 389 g/mol. The molecule has 29 heavy (non-hydrogen) atoms. The van der Waals surface area contributed by atoms with Gasteiger partial charge in [0, 0.05) is 24.9 Å². The minimum absolute atomic E-state index is 0.0461. The molecule has 8 nitrogen and oxygen atoms in total. The van der Waals surface area contributed by atoms with Crippen LogP contribution in [0.1, 0.15) is 40.4 Å². The molecule has 3 aromatic heterocycles. The summed E-state index contributed by atoms with van der Waals surface area (Å²) in [5.74, 6) is -1.22. The van der Waals surface area contributed by atoms with Gasteiger partial charge in [-0.1, -0.05) is 6.07 Å². The number of aromatic nitrogens is 5. The molecule has 0 radical (unpaired) electrons. The number of alkyl halides is 2. The first-order valence-electron chi connectivity index (χ1n) is 8.74. The van der Waals surface area contributed by atoms with Crippen molar-refractivity contribution in [3.63, 3.8) is 0 Å². The van der Waals surface area contributed by atoms with Gasteiger partial charge in [0.05, 0.1) is 12.0 Å². The summed E-state index contributed by atoms with van der Waals surface area (Å²) in [7, 11) is 0. The highest BCUT2D eigenvalue weighted by molar-refractivity contribution is 5.93. The summed E-state index contributed by atoms with van der Waals surface area (Å²) < 4.78 is 46.5. The van der Waals surface area contributed by atoms with Crippen LogP contribution in [-0.4, -0.2) is 42.1 Å². The molecule has 0 saturated carbocycles. The van der Waals surface area contributed by atoms with Crippen molar-refractivity contribution in [1.29, 1.82) is 0 Å². The molecule has 0 saturated heterocycles. The van der Waals surface area contributed by atoms with E-state index < -0.39 is 24.3 Å². The summed E-state index contributed by atoms with van der Waals surface area (Å²) in [5, 5.41) is 3.52. The summed E-state index contributed by atoms with van der Waals surface area (Å²) in [6, 6.07) is 4.64. The van der Waals surface area contributed by atoms with Gasteiger partial charge in [0.15, 0.2) is 17.4 Å². The van der Waals surface area contributed by atoms with Crippen molar-refractivity contribution in [3.8, 4) is 0 Å². The van der Waals surface area contributed by atoms with Gasteiger partial charge in [0.25, 0.3) is 5.91 Å². The van der Waals surface area contributed by atoms with Crippen LogP contribution in [0.3, 0.4) is 0 Å². The number of carbonyl (C=O) groups is 1. The van der Waals surface area contributed by atoms with Gasteiger partial charge in [-0.05, 0) is 18.2 Å². The summed E-state index contributed by atoms with van der Waals surface area (Å²) in [6.07, 6.45) is 3.04. The smallest absolute Gasteiger partial charge is 0.333 e. The lowest BCUT2D eigenvalue weighted by Crippen LogP contribution is -2.41. The molecule has 1 atom stereocenters. The number of carbonyl (C=O) groups excluding carboxylic acids is 1. The van der Waals surface area contributed by atoms with Crippen molar-refractivity contribution in [2.45, 2.75) is 19.0 Å². The number of hydrogen-bond acceptors (Lipinski definition) is 5. The fourth-order valence-corrected chi connectivity index (χ4v) is 3.58. The highest BCUT2D eigenvalue weighted by Gasteiger charge is 2.39. The number of halogens is 3. The number of amides is 1. The first kappa shape index (κ1) is 17.5. The van der Waals surface area contributed by atoms with E-state index in [1.165, 1.54) is 29.4 Å². The highest BCUT2D eigenvalue weighted by atomic mass is 19.3. The number of H-pyrrole nitrogens is 1. The maximum absolute atomic E-state index is 14.1. The van der Waals surface area contributed by atoms with Gasteiger partial charge in [-0.2, -0.15) is 18.6 Å². The van der Waals surface area contributed by atoms with E-state index in [2.05, 4.69) is 20.1 Å². The first-order chi connectivity index (χ1) is 14.0. The zero-order valence-corrected chi connectivity index (χ0v) is 14.7. The van der Waals surface area contributed by atoms with E-state index in [9.17, 15) is 18.0 Å². The van der Waals surface area contributed by atoms with Crippen LogP contribution in [-0.2, 0) is 6.42 Å². The lowest BCUT2D eigenvalue weighted by atomic mass is 10.0. The molecule has 1 amide bonds. The number of oxazole rings is 1. The molecule has 1 N–H and O–H groups in total. The Labute approximate surface area is 161 Å². The summed E-state index contributed by atoms with van der Waals surface area (Å²) in [6.45, 7) is -2.76. The fourth-order valence-electron chi connectivity index (χ4n) is 3.58. The quantitative estimate of drug-likeness (QED) is 0.569. The Hall–Kier alpha value is -3.63. The Bertz CT molecular complexity index is 1210. The standard InChI is InChI=1S/C18H13F3N6O2/c19-9-2-1-3-11-15(9)29-16(25-11)14-13-10(22-8-23-13)5-7-26(14)17(28)12-4-6-24-27(12)18(20)21/h1-4,6,8,14,18H,5,7H2,(H,22,23)/t14-/m0/s1. The molecule has 1 aliphatic heterocycles. The number of nitrogens with zero attached hydrogens (tertiary/aromatic N) is 5. The van der Waals surface area contributed by atoms with Crippen LogP contribution in [0.15, 0.2) is 41.2 Å². The van der Waals surface area contributed by atoms with Crippen LogP contribution in [0.4, 0.5) is 13.2 Å². The second-order valence-electron chi connectivity index (χ2n) is 6.50. The summed E-state index contributed by atoms with van der Waals surface area (Å²) >= 11 is 0. The van der Waals surface area contributed by atoms with E-state index in [-0.39, 0.29) is 29.2 Å². The molecule has 0 bridgehead atoms. The molecule has 0 aliphatic carbocycles. The van der Waals surface area contributed by atoms with Crippen LogP contribution >= 0.6 is 0 Å². The third kappa shape index (κ3) is 2.69. The number of imidazole rings is 1. The number of fused-ring (bicyclic) bond motifs is 2. The molecule has 0 spiro atoms. The lowest BCUT2D eigenvalue weighted by molar-refractivity contribution is 0.0434. The fraction of sp³-hybridized carbons (Fsp3) is 0.222. The first-order valence-corrected chi connectivity index (χ1v) is 8.74. The maximum atomic E-state index is 14.1. The zero-order chi connectivity index (χ0) is 20.1. The molecule has 1 aromatic carbocycles. The van der Waals surface area contributed by atoms with Crippen LogP contribution in [0.2, 0.25) is 0 Å². The van der Waals surface area contributed by atoms with Crippen molar-refractivity contribution in [2.24, 2.45) is 0 Å². The molecule has 5 rings (SSSR count). The normalized spacial score (nSPS) is 16.6. The Morgan fingerprint density at radius 1 is 1.31 bits per heavy atom. The number of hydrogen-bond donors (Lipinski definition) is 1. The number of rotatable bonds is 3. The highest BCUT2D eigenvalue weighted by Crippen LogP contribution is 2.36. The summed E-state index contributed by atoms with van der Waals surface area (Å²) in [4.78, 5) is 26.1. The largest absolute Gasteiger partial charge is 0.435 e. The predicted molar refractivity (Wildman–Crippen MR) is 92.6 cm³/mol. The third-order valence-electron chi connectivity index (χ3n) is 4.88. The second-order valence-corrected chi connectivity index (χ2v) is 6.50. The van der Waals surface area contributed by atoms with Gasteiger partial charge in [0.1, 0.15) is 11.2 Å². The monoisotopic (exact) mass is 402 g/mol. The van der Waals surface area contributed by atoms with Gasteiger partial charge in [-0.3, -0.25) is 4.79 Å². The number of para-hydroxylation sites is 1. The molecule has 148 valence electrons. The van der Waals surface area contributed by atoms with E-state index in [1.54, 1.807) is 6.07 Å². The van der Waals surface area contributed by atoms with Crippen molar-refractivity contribution < 1.29 is 22.4 Å². The summed E-state index contributed by atoms with van der Waals surface area (Å²) in [5.41, 5.74) is 1.21. The Balaban J connectivity index is 1.63. The Kier molecular flexibility index (Phi) is 3.89. The SMILES string of the molecule is O=C(c1ccnn1C(F)F)N1CCc2[nH]cnc2[C@H]1c1nc2cccc(F)c2o1. The van der Waals surface area contributed by atoms with E-state index in [0.29, 0.717) is 16.8 Å². The van der Waals surface area contributed by atoms with E-state index >= 15 is 0 Å². The minimum atomic E-state index is -2.97. The molecule has 4 aromatic rings. The number of benzene rings is 1. The maximum Gasteiger partial charge on any atom is 0.333 e. The molecule has 11 heteroatoms. The average molecular weight is 402 g/mol. The topological polar surface area (TPSA) is 92.8 Å². The number of nitrogens with one attached hydrogen (secondary N) is 1. The van der Waals surface area contributed by atoms with Crippen LogP contribution in [0, 0.1) is 5.82 Å². The Morgan fingerprint density at radius 2 is 2.17 bits per heavy atom. The van der Waals surface area contributed by atoms with Gasteiger partial charge >= 0.3 is 6.55 Å². The second kappa shape index (κ2) is 6.47. The molecular formula is C18H13F3N6O2. The molecule has 0 unspecified atom stereocenters. The van der Waals surface area contributed by atoms with E-state index in [4.69, 9.17) is 4.42 Å². The molecule has 1 aliphatic rings. The van der Waals surface area contributed by atoms with Crippen molar-refractivity contribution in [3.05, 3.63) is 65.6 Å². The number of aromatic amines is 1. The van der Waals surface area contributed by atoms with Gasteiger partial charge in [-0.15, -0.1) is 0 Å². The lowest BCUT2D eigenvalue weighted by Gasteiger charge is -2.33. The predicted octanol–water partition coefficient (Wildman–Crippen LogP) is 3.07. The average Bonchev–Trinajstić information content (AvgIpc) is 3.44. The Morgan fingerprint density at radius 3 is 2.97 bits per heavy atom. The van der Waals surface area contributed by atoms with Crippen molar-refractivity contribution in [1.82, 2.24) is 29.6 Å². The minimum Gasteiger partial charge on any atom is -0.435 e. The van der Waals surface area contributed by atoms with E-state index in [0.717, 1.165) is 11.9 Å². The van der Waals surface area contributed by atoms with Crippen LogP contribution < -0.4 is 0 Å². The van der Waals surface area contributed by atoms with Crippen LogP contribution in [0.25, 0.3) is 11.1 Å². The van der Waals surface area contributed by atoms with E-state index in [1.807, 2.05) is 0 Å². The third-order valence-corrected chi connectivity index (χ3v) is 4.88. The zero-order valence-electron chi connectivity index (χ0n) is 14.7. The molecule has 4 heterocycles. The van der Waals surface area contributed by atoms with Crippen LogP contribution in [0.5, 0.6) is 0 Å². The van der Waals surface area contributed by atoms with Crippen molar-refractivity contribution >= 4 is 17.0 Å².